The highest BCUT2D eigenvalue weighted by atomic mass is 35.5. The zero-order chi connectivity index (χ0) is 21.3. The van der Waals surface area contributed by atoms with E-state index in [1.54, 1.807) is 24.3 Å². The SMILES string of the molecule is O=C1[C@@H](Cl)[C@@H](c2cc(N=Nc3ccc([N+](=O)[O-])cc3)ccc2O)N1c1ccccc1. The lowest BCUT2D eigenvalue weighted by Crippen LogP contribution is -2.56. The summed E-state index contributed by atoms with van der Waals surface area (Å²) in [7, 11) is 0. The Balaban J connectivity index is 1.61. The van der Waals surface area contributed by atoms with Gasteiger partial charge < -0.3 is 10.0 Å². The topological polar surface area (TPSA) is 108 Å². The summed E-state index contributed by atoms with van der Waals surface area (Å²) in [5.74, 6) is -0.251. The Labute approximate surface area is 176 Å². The average Bonchev–Trinajstić information content (AvgIpc) is 2.77. The van der Waals surface area contributed by atoms with Crippen LogP contribution in [0.1, 0.15) is 11.6 Å². The molecule has 1 fully saturated rings. The highest BCUT2D eigenvalue weighted by molar-refractivity contribution is 6.37. The first-order chi connectivity index (χ1) is 14.5. The van der Waals surface area contributed by atoms with Gasteiger partial charge in [0, 0.05) is 23.4 Å². The number of benzene rings is 3. The molecule has 150 valence electrons. The lowest BCUT2D eigenvalue weighted by atomic mass is 9.91. The third kappa shape index (κ3) is 3.60. The van der Waals surface area contributed by atoms with Gasteiger partial charge in [0.15, 0.2) is 0 Å². The molecule has 1 N–H and O–H groups in total. The van der Waals surface area contributed by atoms with Crippen LogP contribution >= 0.6 is 11.6 Å². The maximum Gasteiger partial charge on any atom is 0.269 e. The number of azo groups is 1. The molecule has 1 amide bonds. The van der Waals surface area contributed by atoms with Crippen molar-refractivity contribution >= 4 is 40.3 Å². The number of halogens is 1. The van der Waals surface area contributed by atoms with Gasteiger partial charge in [0.2, 0.25) is 5.91 Å². The second-order valence-corrected chi connectivity index (χ2v) is 7.08. The van der Waals surface area contributed by atoms with E-state index in [1.807, 2.05) is 18.2 Å². The van der Waals surface area contributed by atoms with Gasteiger partial charge in [-0.25, -0.2) is 0 Å². The van der Waals surface area contributed by atoms with Gasteiger partial charge in [-0.15, -0.1) is 11.6 Å². The summed E-state index contributed by atoms with van der Waals surface area (Å²) in [5.41, 5.74) is 1.98. The molecule has 8 nitrogen and oxygen atoms in total. The first kappa shape index (κ1) is 19.5. The van der Waals surface area contributed by atoms with Crippen LogP contribution < -0.4 is 4.90 Å². The second kappa shape index (κ2) is 7.92. The molecule has 0 unspecified atom stereocenters. The molecule has 0 bridgehead atoms. The molecule has 2 atom stereocenters. The normalized spacial score (nSPS) is 18.4. The number of phenols is 1. The molecular formula is C21H15ClN4O4. The number of carbonyl (C=O) groups excluding carboxylic acids is 1. The standard InChI is InChI=1S/C21H15ClN4O4/c22-19-20(25(21(19)28)15-4-2-1-3-5-15)17-12-14(8-11-18(17)27)24-23-13-6-9-16(10-7-13)26(29)30/h1-12,19-20,27H/t19-,20+/m0/s1. The number of nitrogens with zero attached hydrogens (tertiary/aromatic N) is 4. The van der Waals surface area contributed by atoms with Gasteiger partial charge in [0.1, 0.15) is 11.1 Å². The number of hydrogen-bond acceptors (Lipinski definition) is 6. The van der Waals surface area contributed by atoms with Gasteiger partial charge in [-0.2, -0.15) is 10.2 Å². The Kier molecular flexibility index (Phi) is 5.16. The molecule has 0 spiro atoms. The number of phenolic OH excluding ortho intramolecular Hbond substituents is 1. The van der Waals surface area contributed by atoms with Crippen molar-refractivity contribution < 1.29 is 14.8 Å². The summed E-state index contributed by atoms with van der Waals surface area (Å²) >= 11 is 6.27. The van der Waals surface area contributed by atoms with E-state index in [-0.39, 0.29) is 17.3 Å². The molecule has 0 saturated carbocycles. The minimum absolute atomic E-state index is 0.00614. The molecule has 0 aromatic heterocycles. The highest BCUT2D eigenvalue weighted by Crippen LogP contribution is 2.45. The number of β-lactam (4-membered cyclic amide) rings is 1. The summed E-state index contributed by atoms with van der Waals surface area (Å²) in [5, 5.41) is 28.5. The van der Waals surface area contributed by atoms with Gasteiger partial charge in [-0.3, -0.25) is 14.9 Å². The Morgan fingerprint density at radius 2 is 1.60 bits per heavy atom. The number of alkyl halides is 1. The fourth-order valence-corrected chi connectivity index (χ4v) is 3.58. The van der Waals surface area contributed by atoms with Crippen molar-refractivity contribution in [2.24, 2.45) is 10.2 Å². The second-order valence-electron chi connectivity index (χ2n) is 6.61. The highest BCUT2D eigenvalue weighted by Gasteiger charge is 2.48. The molecule has 3 aromatic carbocycles. The van der Waals surface area contributed by atoms with E-state index in [0.29, 0.717) is 22.6 Å². The zero-order valence-corrected chi connectivity index (χ0v) is 16.2. The predicted molar refractivity (Wildman–Crippen MR) is 112 cm³/mol. The van der Waals surface area contributed by atoms with Gasteiger partial charge in [-0.1, -0.05) is 18.2 Å². The van der Waals surface area contributed by atoms with Crippen LogP contribution in [-0.2, 0) is 4.79 Å². The molecule has 4 rings (SSSR count). The van der Waals surface area contributed by atoms with E-state index in [1.165, 1.54) is 35.2 Å². The average molecular weight is 423 g/mol. The molecule has 3 aromatic rings. The van der Waals surface area contributed by atoms with Crippen LogP contribution in [0.2, 0.25) is 0 Å². The van der Waals surface area contributed by atoms with Crippen LogP contribution in [0, 0.1) is 10.1 Å². The molecule has 9 heteroatoms. The molecule has 1 heterocycles. The van der Waals surface area contributed by atoms with E-state index in [9.17, 15) is 20.0 Å². The van der Waals surface area contributed by atoms with Gasteiger partial charge in [-0.05, 0) is 42.5 Å². The number of anilines is 1. The van der Waals surface area contributed by atoms with Crippen LogP contribution in [0.5, 0.6) is 5.75 Å². The first-order valence-corrected chi connectivity index (χ1v) is 9.40. The minimum Gasteiger partial charge on any atom is -0.508 e. The van der Waals surface area contributed by atoms with E-state index < -0.39 is 16.3 Å². The van der Waals surface area contributed by atoms with Crippen molar-refractivity contribution in [3.8, 4) is 5.75 Å². The molecule has 1 aliphatic heterocycles. The molecule has 0 aliphatic carbocycles. The number of para-hydroxylation sites is 1. The van der Waals surface area contributed by atoms with Crippen molar-refractivity contribution in [3.63, 3.8) is 0 Å². The van der Waals surface area contributed by atoms with Crippen LogP contribution in [0.3, 0.4) is 0 Å². The number of aromatic hydroxyl groups is 1. The van der Waals surface area contributed by atoms with Gasteiger partial charge in [0.05, 0.1) is 22.3 Å². The molecular weight excluding hydrogens is 408 g/mol. The summed E-state index contributed by atoms with van der Waals surface area (Å²) < 4.78 is 0. The molecule has 1 saturated heterocycles. The van der Waals surface area contributed by atoms with Gasteiger partial charge >= 0.3 is 0 Å². The van der Waals surface area contributed by atoms with E-state index in [4.69, 9.17) is 11.6 Å². The van der Waals surface area contributed by atoms with Crippen molar-refractivity contribution in [1.82, 2.24) is 0 Å². The largest absolute Gasteiger partial charge is 0.508 e. The first-order valence-electron chi connectivity index (χ1n) is 8.97. The number of hydrogen-bond donors (Lipinski definition) is 1. The minimum atomic E-state index is -0.807. The summed E-state index contributed by atoms with van der Waals surface area (Å²) in [4.78, 5) is 24.1. The van der Waals surface area contributed by atoms with Crippen LogP contribution in [-0.4, -0.2) is 21.3 Å². The Morgan fingerprint density at radius 1 is 0.967 bits per heavy atom. The van der Waals surface area contributed by atoms with Gasteiger partial charge in [0.25, 0.3) is 5.69 Å². The van der Waals surface area contributed by atoms with Crippen LogP contribution in [0.15, 0.2) is 83.0 Å². The Hall–Kier alpha value is -3.78. The number of non-ortho nitro benzene ring substituents is 1. The van der Waals surface area contributed by atoms with Crippen molar-refractivity contribution in [1.29, 1.82) is 0 Å². The fourth-order valence-electron chi connectivity index (χ4n) is 3.22. The lowest BCUT2D eigenvalue weighted by molar-refractivity contribution is -0.384. The lowest BCUT2D eigenvalue weighted by Gasteiger charge is -2.44. The molecule has 1 aliphatic rings. The predicted octanol–water partition coefficient (Wildman–Crippen LogP) is 5.41. The zero-order valence-electron chi connectivity index (χ0n) is 15.4. The number of carbonyl (C=O) groups is 1. The van der Waals surface area contributed by atoms with Crippen LogP contribution in [0.4, 0.5) is 22.7 Å². The number of nitro benzene ring substituents is 1. The maximum absolute atomic E-state index is 12.4. The Morgan fingerprint density at radius 3 is 2.27 bits per heavy atom. The Bertz CT molecular complexity index is 1140. The van der Waals surface area contributed by atoms with E-state index in [2.05, 4.69) is 10.2 Å². The smallest absolute Gasteiger partial charge is 0.269 e. The van der Waals surface area contributed by atoms with Crippen LogP contribution in [0.25, 0.3) is 0 Å². The fraction of sp³-hybridized carbons (Fsp3) is 0.0952. The third-order valence-electron chi connectivity index (χ3n) is 4.73. The van der Waals surface area contributed by atoms with E-state index >= 15 is 0 Å². The summed E-state index contributed by atoms with van der Waals surface area (Å²) in [6.45, 7) is 0. The summed E-state index contributed by atoms with van der Waals surface area (Å²) in [6, 6.07) is 18.8. The van der Waals surface area contributed by atoms with Crippen molar-refractivity contribution in [2.75, 3.05) is 4.90 Å². The molecule has 30 heavy (non-hydrogen) atoms. The maximum atomic E-state index is 12.4. The quantitative estimate of drug-likeness (QED) is 0.195. The number of amides is 1. The van der Waals surface area contributed by atoms with Crippen molar-refractivity contribution in [3.05, 3.63) is 88.5 Å². The monoisotopic (exact) mass is 422 g/mol. The summed E-state index contributed by atoms with van der Waals surface area (Å²) in [6.07, 6.45) is 0. The number of nitro groups is 1. The number of rotatable bonds is 5. The van der Waals surface area contributed by atoms with Crippen molar-refractivity contribution in [2.45, 2.75) is 11.4 Å². The molecule has 0 radical (unpaired) electrons. The van der Waals surface area contributed by atoms with E-state index in [0.717, 1.165) is 0 Å². The third-order valence-corrected chi connectivity index (χ3v) is 5.16.